The second-order valence-electron chi connectivity index (χ2n) is 5.09. The van der Waals surface area contributed by atoms with Crippen molar-refractivity contribution in [2.75, 3.05) is 47.5 Å². The van der Waals surface area contributed by atoms with Crippen LogP contribution in [0, 0.1) is 0 Å². The minimum atomic E-state index is 0.482. The van der Waals surface area contributed by atoms with Gasteiger partial charge in [-0.2, -0.15) is 0 Å². The molecule has 0 aliphatic rings. The third kappa shape index (κ3) is 5.90. The van der Waals surface area contributed by atoms with Crippen LogP contribution in [-0.4, -0.2) is 58.5 Å². The van der Waals surface area contributed by atoms with Gasteiger partial charge in [-0.15, -0.1) is 0 Å². The van der Waals surface area contributed by atoms with Crippen LogP contribution in [0.3, 0.4) is 0 Å². The molecule has 0 aromatic heterocycles. The molecule has 4 nitrogen and oxygen atoms in total. The molecule has 0 fully saturated rings. The van der Waals surface area contributed by atoms with Crippen molar-refractivity contribution in [1.82, 2.24) is 10.2 Å². The fourth-order valence-electron chi connectivity index (χ4n) is 2.12. The third-order valence-corrected chi connectivity index (χ3v) is 3.58. The zero-order valence-electron chi connectivity index (χ0n) is 13.2. The van der Waals surface area contributed by atoms with E-state index in [1.807, 2.05) is 12.1 Å². The molecule has 0 bridgehead atoms. The average Bonchev–Trinajstić information content (AvgIpc) is 2.47. The first-order valence-electron chi connectivity index (χ1n) is 7.20. The number of methoxy groups -OCH3 is 2. The highest BCUT2D eigenvalue weighted by Gasteiger charge is 2.12. The molecular formula is C16H28N2O2. The smallest absolute Gasteiger partial charge is 0.122 e. The lowest BCUT2D eigenvalue weighted by Gasteiger charge is -2.25. The van der Waals surface area contributed by atoms with E-state index in [0.29, 0.717) is 6.04 Å². The second-order valence-corrected chi connectivity index (χ2v) is 5.09. The highest BCUT2D eigenvalue weighted by molar-refractivity contribution is 5.33. The third-order valence-electron chi connectivity index (χ3n) is 3.58. The minimum absolute atomic E-state index is 0.482. The van der Waals surface area contributed by atoms with Crippen molar-refractivity contribution in [3.8, 4) is 5.75 Å². The summed E-state index contributed by atoms with van der Waals surface area (Å²) in [6, 6.07) is 8.72. The first kappa shape index (κ1) is 17.0. The number of nitrogens with zero attached hydrogens (tertiary/aromatic N) is 1. The molecule has 1 aromatic carbocycles. The van der Waals surface area contributed by atoms with Gasteiger partial charge in [-0.05, 0) is 32.0 Å². The lowest BCUT2D eigenvalue weighted by Crippen LogP contribution is -2.37. The van der Waals surface area contributed by atoms with E-state index in [2.05, 4.69) is 36.3 Å². The Morgan fingerprint density at radius 1 is 1.20 bits per heavy atom. The predicted octanol–water partition coefficient (Wildman–Crippen LogP) is 1.79. The van der Waals surface area contributed by atoms with Crippen LogP contribution >= 0.6 is 0 Å². The number of nitrogens with one attached hydrogen (secondary N) is 1. The maximum atomic E-state index is 5.41. The zero-order valence-corrected chi connectivity index (χ0v) is 13.2. The van der Waals surface area contributed by atoms with Crippen molar-refractivity contribution >= 4 is 0 Å². The number of rotatable bonds is 10. The number of benzene rings is 1. The van der Waals surface area contributed by atoms with Crippen LogP contribution in [0.1, 0.15) is 12.5 Å². The first-order chi connectivity index (χ1) is 9.69. The van der Waals surface area contributed by atoms with Crippen molar-refractivity contribution < 1.29 is 9.47 Å². The molecule has 4 heteroatoms. The van der Waals surface area contributed by atoms with Gasteiger partial charge in [0.2, 0.25) is 0 Å². The molecule has 0 amide bonds. The van der Waals surface area contributed by atoms with Gasteiger partial charge in [-0.1, -0.05) is 18.2 Å². The van der Waals surface area contributed by atoms with E-state index >= 15 is 0 Å². The summed E-state index contributed by atoms with van der Waals surface area (Å²) in [6.45, 7) is 5.93. The van der Waals surface area contributed by atoms with E-state index in [-0.39, 0.29) is 0 Å². The molecule has 0 radical (unpaired) electrons. The predicted molar refractivity (Wildman–Crippen MR) is 83.5 cm³/mol. The van der Waals surface area contributed by atoms with Gasteiger partial charge >= 0.3 is 0 Å². The SMILES string of the molecule is COCCNCCN(C)C(C)Cc1ccccc1OC. The van der Waals surface area contributed by atoms with E-state index < -0.39 is 0 Å². The quantitative estimate of drug-likeness (QED) is 0.663. The van der Waals surface area contributed by atoms with Crippen LogP contribution in [0.5, 0.6) is 5.75 Å². The monoisotopic (exact) mass is 280 g/mol. The molecule has 0 aliphatic heterocycles. The molecule has 0 saturated carbocycles. The fraction of sp³-hybridized carbons (Fsp3) is 0.625. The Morgan fingerprint density at radius 3 is 2.65 bits per heavy atom. The Morgan fingerprint density at radius 2 is 1.95 bits per heavy atom. The number of likely N-dealkylation sites (N-methyl/N-ethyl adjacent to an activating group) is 1. The normalized spacial score (nSPS) is 12.7. The summed E-state index contributed by atoms with van der Waals surface area (Å²) in [7, 11) is 5.62. The van der Waals surface area contributed by atoms with Gasteiger partial charge in [-0.3, -0.25) is 0 Å². The van der Waals surface area contributed by atoms with Crippen LogP contribution in [-0.2, 0) is 11.2 Å². The summed E-state index contributed by atoms with van der Waals surface area (Å²) in [5, 5.41) is 3.37. The Kier molecular flexibility index (Phi) is 8.26. The van der Waals surface area contributed by atoms with Gasteiger partial charge in [0.25, 0.3) is 0 Å². The highest BCUT2D eigenvalue weighted by Crippen LogP contribution is 2.19. The molecule has 1 aromatic rings. The molecule has 20 heavy (non-hydrogen) atoms. The molecule has 1 rings (SSSR count). The Labute approximate surface area is 123 Å². The number of para-hydroxylation sites is 1. The molecule has 0 heterocycles. The molecule has 0 aliphatic carbocycles. The van der Waals surface area contributed by atoms with Crippen LogP contribution in [0.4, 0.5) is 0 Å². The largest absolute Gasteiger partial charge is 0.496 e. The average molecular weight is 280 g/mol. The topological polar surface area (TPSA) is 33.7 Å². The summed E-state index contributed by atoms with van der Waals surface area (Å²) in [5.74, 6) is 0.978. The van der Waals surface area contributed by atoms with Gasteiger partial charge in [0.1, 0.15) is 5.75 Å². The van der Waals surface area contributed by atoms with Gasteiger partial charge in [0.15, 0.2) is 0 Å². The van der Waals surface area contributed by atoms with Crippen LogP contribution < -0.4 is 10.1 Å². The molecule has 1 unspecified atom stereocenters. The van der Waals surface area contributed by atoms with Gasteiger partial charge in [0, 0.05) is 32.8 Å². The molecule has 114 valence electrons. The van der Waals surface area contributed by atoms with Crippen molar-refractivity contribution in [1.29, 1.82) is 0 Å². The molecule has 1 N–H and O–H groups in total. The maximum absolute atomic E-state index is 5.41. The molecule has 0 spiro atoms. The lowest BCUT2D eigenvalue weighted by molar-refractivity contribution is 0.195. The van der Waals surface area contributed by atoms with Crippen LogP contribution in [0.25, 0.3) is 0 Å². The lowest BCUT2D eigenvalue weighted by atomic mass is 10.1. The van der Waals surface area contributed by atoms with Crippen molar-refractivity contribution in [3.63, 3.8) is 0 Å². The van der Waals surface area contributed by atoms with Crippen LogP contribution in [0.2, 0.25) is 0 Å². The van der Waals surface area contributed by atoms with E-state index in [1.165, 1.54) is 5.56 Å². The number of ether oxygens (including phenoxy) is 2. The molecule has 1 atom stereocenters. The summed E-state index contributed by atoms with van der Waals surface area (Å²) >= 11 is 0. The van der Waals surface area contributed by atoms with Gasteiger partial charge in [0.05, 0.1) is 13.7 Å². The summed E-state index contributed by atoms with van der Waals surface area (Å²) in [5.41, 5.74) is 1.27. The molecular weight excluding hydrogens is 252 g/mol. The zero-order chi connectivity index (χ0) is 14.8. The fourth-order valence-corrected chi connectivity index (χ4v) is 2.12. The standard InChI is InChI=1S/C16H28N2O2/c1-14(18(2)11-9-17-10-12-19-3)13-15-7-5-6-8-16(15)20-4/h5-8,14,17H,9-13H2,1-4H3. The van der Waals surface area contributed by atoms with Crippen molar-refractivity contribution in [3.05, 3.63) is 29.8 Å². The van der Waals surface area contributed by atoms with Crippen molar-refractivity contribution in [2.45, 2.75) is 19.4 Å². The maximum Gasteiger partial charge on any atom is 0.122 e. The highest BCUT2D eigenvalue weighted by atomic mass is 16.5. The second kappa shape index (κ2) is 9.75. The Hall–Kier alpha value is -1.10. The Balaban J connectivity index is 2.35. The van der Waals surface area contributed by atoms with E-state index in [4.69, 9.17) is 9.47 Å². The summed E-state index contributed by atoms with van der Waals surface area (Å²) in [4.78, 5) is 2.37. The van der Waals surface area contributed by atoms with E-state index in [0.717, 1.165) is 38.4 Å². The number of hydrogen-bond acceptors (Lipinski definition) is 4. The summed E-state index contributed by atoms with van der Waals surface area (Å²) < 4.78 is 10.4. The van der Waals surface area contributed by atoms with Gasteiger partial charge in [-0.25, -0.2) is 0 Å². The van der Waals surface area contributed by atoms with E-state index in [1.54, 1.807) is 14.2 Å². The summed E-state index contributed by atoms with van der Waals surface area (Å²) in [6.07, 6.45) is 0.999. The minimum Gasteiger partial charge on any atom is -0.496 e. The number of hydrogen-bond donors (Lipinski definition) is 1. The van der Waals surface area contributed by atoms with Gasteiger partial charge < -0.3 is 19.7 Å². The first-order valence-corrected chi connectivity index (χ1v) is 7.20. The molecule has 0 saturated heterocycles. The Bertz CT molecular complexity index is 371. The van der Waals surface area contributed by atoms with Crippen LogP contribution in [0.15, 0.2) is 24.3 Å². The van der Waals surface area contributed by atoms with Crippen molar-refractivity contribution in [2.24, 2.45) is 0 Å². The van der Waals surface area contributed by atoms with E-state index in [9.17, 15) is 0 Å².